The van der Waals surface area contributed by atoms with E-state index in [9.17, 15) is 14.9 Å². The number of hydrogen-bond acceptors (Lipinski definition) is 6. The Balaban J connectivity index is 1.61. The molecule has 0 fully saturated rings. The zero-order chi connectivity index (χ0) is 27.1. The lowest BCUT2D eigenvalue weighted by molar-refractivity contribution is -0.114. The van der Waals surface area contributed by atoms with Gasteiger partial charge in [0.2, 0.25) is 5.91 Å². The summed E-state index contributed by atoms with van der Waals surface area (Å²) in [6.45, 7) is 1.69. The molecule has 3 aromatic carbocycles. The molecule has 0 saturated carbocycles. The molecule has 38 heavy (non-hydrogen) atoms. The Kier molecular flexibility index (Phi) is 8.46. The van der Waals surface area contributed by atoms with Gasteiger partial charge >= 0.3 is 0 Å². The lowest BCUT2D eigenvalue weighted by atomic mass is 9.82. The van der Waals surface area contributed by atoms with Crippen LogP contribution in [0.25, 0.3) is 0 Å². The number of halogens is 1. The van der Waals surface area contributed by atoms with E-state index in [1.54, 1.807) is 80.8 Å². The van der Waals surface area contributed by atoms with Crippen molar-refractivity contribution in [1.82, 2.24) is 5.32 Å². The number of nitrogens with zero attached hydrogens (tertiary/aromatic N) is 1. The number of anilines is 2. The van der Waals surface area contributed by atoms with Crippen molar-refractivity contribution >= 4 is 35.0 Å². The van der Waals surface area contributed by atoms with Gasteiger partial charge in [-0.25, -0.2) is 4.39 Å². The highest BCUT2D eigenvalue weighted by Crippen LogP contribution is 2.41. The molecule has 0 aliphatic carbocycles. The molecule has 1 atom stereocenters. The van der Waals surface area contributed by atoms with Gasteiger partial charge in [0, 0.05) is 28.2 Å². The summed E-state index contributed by atoms with van der Waals surface area (Å²) in [5, 5.41) is 19.3. The summed E-state index contributed by atoms with van der Waals surface area (Å²) in [7, 11) is 1.56. The van der Waals surface area contributed by atoms with Gasteiger partial charge in [0.1, 0.15) is 11.6 Å². The van der Waals surface area contributed by atoms with Crippen LogP contribution in [0.4, 0.5) is 15.8 Å². The number of benzene rings is 3. The van der Waals surface area contributed by atoms with E-state index in [4.69, 9.17) is 4.74 Å². The number of dihydropyridines is 1. The van der Waals surface area contributed by atoms with Crippen molar-refractivity contribution in [1.29, 1.82) is 5.26 Å². The van der Waals surface area contributed by atoms with Gasteiger partial charge in [-0.3, -0.25) is 9.59 Å². The highest BCUT2D eigenvalue weighted by molar-refractivity contribution is 8.03. The summed E-state index contributed by atoms with van der Waals surface area (Å²) in [5.74, 6) is -1.58. The maximum absolute atomic E-state index is 15.0. The third-order valence-corrected chi connectivity index (χ3v) is 6.88. The fourth-order valence-corrected chi connectivity index (χ4v) is 4.97. The second-order valence-electron chi connectivity index (χ2n) is 8.36. The third-order valence-electron chi connectivity index (χ3n) is 5.86. The Hall–Kier alpha value is -4.55. The molecule has 1 heterocycles. The molecular weight excluding hydrogens is 503 g/mol. The van der Waals surface area contributed by atoms with Gasteiger partial charge < -0.3 is 20.7 Å². The summed E-state index contributed by atoms with van der Waals surface area (Å²) in [6, 6.07) is 24.0. The van der Waals surface area contributed by atoms with Crippen LogP contribution in [-0.2, 0) is 9.59 Å². The quantitative estimate of drug-likeness (QED) is 0.355. The second-order valence-corrected chi connectivity index (χ2v) is 9.34. The predicted octanol–water partition coefficient (Wildman–Crippen LogP) is 5.54. The summed E-state index contributed by atoms with van der Waals surface area (Å²) < 4.78 is 20.2. The van der Waals surface area contributed by atoms with Crippen LogP contribution < -0.4 is 20.7 Å². The number of carbonyl (C=O) groups excluding carboxylic acids is 2. The van der Waals surface area contributed by atoms with Crippen molar-refractivity contribution in [3.8, 4) is 11.8 Å². The lowest BCUT2D eigenvalue weighted by Gasteiger charge is -2.30. The SMILES string of the molecule is COc1ccc(NC(=O)CSC2=C(C#N)C(c3ccccc3F)C(C(=O)Nc3ccccc3)=C(C)N2)cc1. The summed E-state index contributed by atoms with van der Waals surface area (Å²) >= 11 is 1.11. The van der Waals surface area contributed by atoms with E-state index < -0.39 is 17.6 Å². The average Bonchev–Trinajstić information content (AvgIpc) is 2.92. The lowest BCUT2D eigenvalue weighted by Crippen LogP contribution is -2.31. The second kappa shape index (κ2) is 12.1. The van der Waals surface area contributed by atoms with Crippen LogP contribution in [0.2, 0.25) is 0 Å². The van der Waals surface area contributed by atoms with Crippen LogP contribution in [0.3, 0.4) is 0 Å². The highest BCUT2D eigenvalue weighted by atomic mass is 32.2. The van der Waals surface area contributed by atoms with Crippen LogP contribution in [-0.4, -0.2) is 24.7 Å². The number of amides is 2. The van der Waals surface area contributed by atoms with Crippen LogP contribution in [0, 0.1) is 17.1 Å². The average molecular weight is 529 g/mol. The van der Waals surface area contributed by atoms with E-state index in [2.05, 4.69) is 22.0 Å². The summed E-state index contributed by atoms with van der Waals surface area (Å²) in [5.41, 5.74) is 2.21. The first kappa shape index (κ1) is 26.5. The molecular formula is C29H25FN4O3S. The van der Waals surface area contributed by atoms with E-state index in [-0.39, 0.29) is 28.4 Å². The standard InChI is InChI=1S/C29H25FN4O3S/c1-18-26(28(36)34-19-8-4-3-5-9-19)27(22-10-6-7-11-24(22)30)23(16-31)29(32-18)38-17-25(35)33-20-12-14-21(37-2)15-13-20/h3-15,27,32H,17H2,1-2H3,(H,33,35)(H,34,36). The molecule has 9 heteroatoms. The predicted molar refractivity (Wildman–Crippen MR) is 147 cm³/mol. The number of methoxy groups -OCH3 is 1. The first-order valence-corrected chi connectivity index (χ1v) is 12.7. The van der Waals surface area contributed by atoms with Crippen molar-refractivity contribution in [2.24, 2.45) is 0 Å². The van der Waals surface area contributed by atoms with E-state index >= 15 is 4.39 Å². The Labute approximate surface area is 224 Å². The Morgan fingerprint density at radius 1 is 1.00 bits per heavy atom. The molecule has 0 saturated heterocycles. The van der Waals surface area contributed by atoms with Crippen LogP contribution in [0.15, 0.2) is 101 Å². The molecule has 192 valence electrons. The third kappa shape index (κ3) is 6.05. The normalized spacial score (nSPS) is 14.8. The Morgan fingerprint density at radius 2 is 1.66 bits per heavy atom. The molecule has 0 aromatic heterocycles. The van der Waals surface area contributed by atoms with Crippen molar-refractivity contribution in [3.63, 3.8) is 0 Å². The topological polar surface area (TPSA) is 103 Å². The zero-order valence-corrected chi connectivity index (χ0v) is 21.6. The van der Waals surface area contributed by atoms with Crippen molar-refractivity contribution in [2.75, 3.05) is 23.5 Å². The van der Waals surface area contributed by atoms with E-state index in [0.717, 1.165) is 11.8 Å². The number of nitriles is 1. The Morgan fingerprint density at radius 3 is 2.32 bits per heavy atom. The largest absolute Gasteiger partial charge is 0.497 e. The molecule has 2 amide bonds. The minimum Gasteiger partial charge on any atom is -0.497 e. The molecule has 1 aliphatic rings. The smallest absolute Gasteiger partial charge is 0.254 e. The maximum atomic E-state index is 15.0. The molecule has 0 radical (unpaired) electrons. The summed E-state index contributed by atoms with van der Waals surface area (Å²) in [4.78, 5) is 26.0. The first-order chi connectivity index (χ1) is 18.4. The molecule has 1 aliphatic heterocycles. The minimum atomic E-state index is -0.960. The number of nitrogens with one attached hydrogen (secondary N) is 3. The first-order valence-electron chi connectivity index (χ1n) is 11.7. The van der Waals surface area contributed by atoms with Gasteiger partial charge in [-0.2, -0.15) is 5.26 Å². The van der Waals surface area contributed by atoms with Crippen molar-refractivity contribution < 1.29 is 18.7 Å². The van der Waals surface area contributed by atoms with Gasteiger partial charge in [-0.1, -0.05) is 48.2 Å². The highest BCUT2D eigenvalue weighted by Gasteiger charge is 2.36. The monoisotopic (exact) mass is 528 g/mol. The molecule has 1 unspecified atom stereocenters. The zero-order valence-electron chi connectivity index (χ0n) is 20.7. The van der Waals surface area contributed by atoms with Crippen LogP contribution in [0.1, 0.15) is 18.4 Å². The van der Waals surface area contributed by atoms with Gasteiger partial charge in [-0.05, 0) is 49.4 Å². The van der Waals surface area contributed by atoms with E-state index in [0.29, 0.717) is 27.9 Å². The fraction of sp³-hybridized carbons (Fsp3) is 0.138. The number of hydrogen-bond donors (Lipinski definition) is 3. The molecule has 7 nitrogen and oxygen atoms in total. The van der Waals surface area contributed by atoms with Crippen molar-refractivity contribution in [2.45, 2.75) is 12.8 Å². The Bertz CT molecular complexity index is 1450. The van der Waals surface area contributed by atoms with Gasteiger partial charge in [0.15, 0.2) is 0 Å². The van der Waals surface area contributed by atoms with Gasteiger partial charge in [-0.15, -0.1) is 0 Å². The fourth-order valence-electron chi connectivity index (χ4n) is 4.08. The molecule has 3 aromatic rings. The van der Waals surface area contributed by atoms with Crippen LogP contribution >= 0.6 is 11.8 Å². The number of thioether (sulfide) groups is 1. The molecule has 4 rings (SSSR count). The minimum absolute atomic E-state index is 0.0115. The van der Waals surface area contributed by atoms with Gasteiger partial charge in [0.05, 0.1) is 35.5 Å². The van der Waals surface area contributed by atoms with Crippen LogP contribution in [0.5, 0.6) is 5.75 Å². The number of ether oxygens (including phenoxy) is 1. The molecule has 0 spiro atoms. The van der Waals surface area contributed by atoms with E-state index in [1.165, 1.54) is 6.07 Å². The summed E-state index contributed by atoms with van der Waals surface area (Å²) in [6.07, 6.45) is 0. The van der Waals surface area contributed by atoms with E-state index in [1.807, 2.05) is 6.07 Å². The maximum Gasteiger partial charge on any atom is 0.254 e. The molecule has 0 bridgehead atoms. The number of para-hydroxylation sites is 1. The van der Waals surface area contributed by atoms with Crippen molar-refractivity contribution in [3.05, 3.63) is 112 Å². The van der Waals surface area contributed by atoms with Gasteiger partial charge in [0.25, 0.3) is 5.91 Å². The number of allylic oxidation sites excluding steroid dienone is 2. The number of carbonyl (C=O) groups is 2. The number of rotatable bonds is 8. The molecule has 3 N–H and O–H groups in total.